The van der Waals surface area contributed by atoms with E-state index in [0.717, 1.165) is 38.5 Å². The van der Waals surface area contributed by atoms with Gasteiger partial charge in [-0.1, -0.05) is 67.9 Å². The van der Waals surface area contributed by atoms with Crippen molar-refractivity contribution in [1.82, 2.24) is 0 Å². The van der Waals surface area contributed by atoms with Crippen LogP contribution in [0.3, 0.4) is 0 Å². The minimum Gasteiger partial charge on any atom is -0.491 e. The van der Waals surface area contributed by atoms with Crippen molar-refractivity contribution in [3.05, 3.63) is 89.0 Å². The first-order valence-corrected chi connectivity index (χ1v) is 12.9. The van der Waals surface area contributed by atoms with Crippen LogP contribution in [-0.4, -0.2) is 6.61 Å². The van der Waals surface area contributed by atoms with E-state index in [1.54, 1.807) is 19.1 Å². The van der Waals surface area contributed by atoms with E-state index in [1.807, 2.05) is 0 Å². The molecule has 1 aliphatic rings. The Bertz CT molecular complexity index is 1050. The summed E-state index contributed by atoms with van der Waals surface area (Å²) in [6, 6.07) is 21.2. The molecule has 3 heteroatoms. The molecule has 1 nitrogen and oxygen atoms in total. The third kappa shape index (κ3) is 5.87. The first kappa shape index (κ1) is 24.4. The highest BCUT2D eigenvalue weighted by molar-refractivity contribution is 5.64. The number of aryl methyl sites for hydroxylation is 2. The van der Waals surface area contributed by atoms with Gasteiger partial charge in [-0.05, 0) is 97.6 Å². The van der Waals surface area contributed by atoms with Gasteiger partial charge >= 0.3 is 0 Å². The van der Waals surface area contributed by atoms with Gasteiger partial charge in [-0.3, -0.25) is 0 Å². The van der Waals surface area contributed by atoms with Crippen molar-refractivity contribution in [2.45, 2.75) is 71.1 Å². The highest BCUT2D eigenvalue weighted by Gasteiger charge is 2.23. The van der Waals surface area contributed by atoms with E-state index in [0.29, 0.717) is 30.4 Å². The number of halogens is 2. The summed E-state index contributed by atoms with van der Waals surface area (Å²) in [7, 11) is 0. The molecule has 0 aliphatic heterocycles. The molecule has 0 amide bonds. The molecule has 1 saturated carbocycles. The summed E-state index contributed by atoms with van der Waals surface area (Å²) in [5.74, 6) is -0.435. The molecule has 180 valence electrons. The van der Waals surface area contributed by atoms with Crippen molar-refractivity contribution < 1.29 is 13.5 Å². The lowest BCUT2D eigenvalue weighted by Gasteiger charge is -2.29. The minimum atomic E-state index is -0.858. The zero-order chi connectivity index (χ0) is 23.9. The second-order valence-electron chi connectivity index (χ2n) is 9.61. The number of hydrogen-bond acceptors (Lipinski definition) is 1. The molecular formula is C31H36F2O. The van der Waals surface area contributed by atoms with Crippen LogP contribution < -0.4 is 4.74 Å². The van der Waals surface area contributed by atoms with Gasteiger partial charge in [0.05, 0.1) is 6.61 Å². The maximum absolute atomic E-state index is 14.4. The molecule has 1 fully saturated rings. The van der Waals surface area contributed by atoms with E-state index < -0.39 is 11.6 Å². The fourth-order valence-electron chi connectivity index (χ4n) is 5.28. The first-order chi connectivity index (χ1) is 16.6. The molecular weight excluding hydrogens is 426 g/mol. The quantitative estimate of drug-likeness (QED) is 0.308. The Morgan fingerprint density at radius 3 is 2.00 bits per heavy atom. The van der Waals surface area contributed by atoms with Crippen LogP contribution in [-0.2, 0) is 12.8 Å². The van der Waals surface area contributed by atoms with Gasteiger partial charge < -0.3 is 4.74 Å². The zero-order valence-electron chi connectivity index (χ0n) is 20.5. The maximum atomic E-state index is 14.4. The van der Waals surface area contributed by atoms with Gasteiger partial charge in [-0.15, -0.1) is 0 Å². The standard InChI is InChI=1S/C31H36F2O/c1-3-5-22-6-11-24(12-7-22)26-16-18-27(19-17-26)25-13-8-23(9-14-25)10-15-28-20-21-29(34-4-2)31(33)30(28)32/h6-7,11-12,16-21,23,25H,3-5,8-10,13-15H2,1-2H3. The summed E-state index contributed by atoms with van der Waals surface area (Å²) >= 11 is 0. The zero-order valence-corrected chi connectivity index (χ0v) is 20.5. The molecule has 0 N–H and O–H groups in total. The van der Waals surface area contributed by atoms with Crippen molar-refractivity contribution in [3.63, 3.8) is 0 Å². The van der Waals surface area contributed by atoms with Gasteiger partial charge in [0, 0.05) is 0 Å². The topological polar surface area (TPSA) is 9.23 Å². The molecule has 4 rings (SSSR count). The predicted molar refractivity (Wildman–Crippen MR) is 136 cm³/mol. The second kappa shape index (κ2) is 11.6. The van der Waals surface area contributed by atoms with Gasteiger partial charge in [-0.25, -0.2) is 4.39 Å². The molecule has 0 bridgehead atoms. The Morgan fingerprint density at radius 1 is 0.735 bits per heavy atom. The van der Waals surface area contributed by atoms with E-state index in [-0.39, 0.29) is 5.75 Å². The Morgan fingerprint density at radius 2 is 1.38 bits per heavy atom. The van der Waals surface area contributed by atoms with E-state index >= 15 is 0 Å². The van der Waals surface area contributed by atoms with Crippen LogP contribution in [0.2, 0.25) is 0 Å². The Balaban J connectivity index is 1.29. The second-order valence-corrected chi connectivity index (χ2v) is 9.61. The summed E-state index contributed by atoms with van der Waals surface area (Å²) in [5.41, 5.74) is 5.82. The molecule has 34 heavy (non-hydrogen) atoms. The molecule has 0 aromatic heterocycles. The molecule has 0 atom stereocenters. The summed E-state index contributed by atoms with van der Waals surface area (Å²) in [6.07, 6.45) is 8.41. The number of ether oxygens (including phenoxy) is 1. The summed E-state index contributed by atoms with van der Waals surface area (Å²) in [6.45, 7) is 4.30. The van der Waals surface area contributed by atoms with Crippen LogP contribution in [0.1, 0.15) is 75.0 Å². The normalized spacial score (nSPS) is 18.1. The molecule has 0 unspecified atom stereocenters. The van der Waals surface area contributed by atoms with Gasteiger partial charge in [0.25, 0.3) is 0 Å². The number of benzene rings is 3. The van der Waals surface area contributed by atoms with Crippen molar-refractivity contribution >= 4 is 0 Å². The van der Waals surface area contributed by atoms with Crippen LogP contribution in [0.4, 0.5) is 8.78 Å². The van der Waals surface area contributed by atoms with Crippen molar-refractivity contribution in [1.29, 1.82) is 0 Å². The number of hydrogen-bond donors (Lipinski definition) is 0. The predicted octanol–water partition coefficient (Wildman–Crippen LogP) is 8.89. The van der Waals surface area contributed by atoms with E-state index in [2.05, 4.69) is 55.5 Å². The smallest absolute Gasteiger partial charge is 0.200 e. The first-order valence-electron chi connectivity index (χ1n) is 12.9. The highest BCUT2D eigenvalue weighted by Crippen LogP contribution is 2.38. The van der Waals surface area contributed by atoms with Crippen molar-refractivity contribution in [3.8, 4) is 16.9 Å². The molecule has 0 heterocycles. The molecule has 0 spiro atoms. The van der Waals surface area contributed by atoms with Crippen molar-refractivity contribution in [2.75, 3.05) is 6.61 Å². The van der Waals surface area contributed by atoms with Crippen LogP contribution in [0.5, 0.6) is 5.75 Å². The van der Waals surface area contributed by atoms with Crippen LogP contribution in [0, 0.1) is 17.6 Å². The van der Waals surface area contributed by atoms with Crippen LogP contribution in [0.25, 0.3) is 11.1 Å². The maximum Gasteiger partial charge on any atom is 0.200 e. The van der Waals surface area contributed by atoms with Gasteiger partial charge in [0.1, 0.15) is 0 Å². The molecule has 0 saturated heterocycles. The SMILES string of the molecule is CCCc1ccc(-c2ccc(C3CCC(CCc4ccc(OCC)c(F)c4F)CC3)cc2)cc1. The third-order valence-electron chi connectivity index (χ3n) is 7.30. The van der Waals surface area contributed by atoms with E-state index in [4.69, 9.17) is 4.74 Å². The van der Waals surface area contributed by atoms with Gasteiger partial charge in [-0.2, -0.15) is 4.39 Å². The highest BCUT2D eigenvalue weighted by atomic mass is 19.2. The molecule has 1 aliphatic carbocycles. The largest absolute Gasteiger partial charge is 0.491 e. The fraction of sp³-hybridized carbons (Fsp3) is 0.419. The third-order valence-corrected chi connectivity index (χ3v) is 7.30. The van der Waals surface area contributed by atoms with E-state index in [1.165, 1.54) is 28.7 Å². The fourth-order valence-corrected chi connectivity index (χ4v) is 5.28. The number of rotatable bonds is 9. The summed E-state index contributed by atoms with van der Waals surface area (Å²) < 4.78 is 33.7. The molecule has 0 radical (unpaired) electrons. The average molecular weight is 463 g/mol. The molecule has 3 aromatic rings. The lowest BCUT2D eigenvalue weighted by Crippen LogP contribution is -2.14. The Kier molecular flexibility index (Phi) is 8.37. The summed E-state index contributed by atoms with van der Waals surface area (Å²) in [4.78, 5) is 0. The Hall–Kier alpha value is -2.68. The Labute approximate surface area is 203 Å². The lowest BCUT2D eigenvalue weighted by atomic mass is 9.76. The average Bonchev–Trinajstić information content (AvgIpc) is 2.88. The van der Waals surface area contributed by atoms with E-state index in [9.17, 15) is 8.78 Å². The van der Waals surface area contributed by atoms with Crippen molar-refractivity contribution in [2.24, 2.45) is 5.92 Å². The summed E-state index contributed by atoms with van der Waals surface area (Å²) in [5, 5.41) is 0. The van der Waals surface area contributed by atoms with Gasteiger partial charge in [0.2, 0.25) is 5.82 Å². The van der Waals surface area contributed by atoms with Gasteiger partial charge in [0.15, 0.2) is 11.6 Å². The van der Waals surface area contributed by atoms with Crippen LogP contribution >= 0.6 is 0 Å². The monoisotopic (exact) mass is 462 g/mol. The lowest BCUT2D eigenvalue weighted by molar-refractivity contribution is 0.305. The van der Waals surface area contributed by atoms with Crippen LogP contribution in [0.15, 0.2) is 60.7 Å². The minimum absolute atomic E-state index is 0.00350. The molecule has 3 aromatic carbocycles.